The van der Waals surface area contributed by atoms with Gasteiger partial charge in [0.1, 0.15) is 5.82 Å². The summed E-state index contributed by atoms with van der Waals surface area (Å²) in [6.45, 7) is 20.4. The van der Waals surface area contributed by atoms with Crippen molar-refractivity contribution in [3.8, 4) is 22.7 Å². The molecule has 5 nitrogen and oxygen atoms in total. The molecule has 0 bridgehead atoms. The van der Waals surface area contributed by atoms with Crippen LogP contribution < -0.4 is 14.5 Å². The van der Waals surface area contributed by atoms with Crippen LogP contribution in [0, 0.1) is 25.7 Å². The van der Waals surface area contributed by atoms with Crippen LogP contribution in [0.3, 0.4) is 0 Å². The summed E-state index contributed by atoms with van der Waals surface area (Å²) in [6, 6.07) is 51.3. The van der Waals surface area contributed by atoms with Crippen molar-refractivity contribution in [2.24, 2.45) is 0 Å². The summed E-state index contributed by atoms with van der Waals surface area (Å²) >= 11 is 0. The Labute approximate surface area is 399 Å². The van der Waals surface area contributed by atoms with Gasteiger partial charge in [0.05, 0.1) is 6.61 Å². The smallest absolute Gasteiger partial charge is 0.135 e. The van der Waals surface area contributed by atoms with E-state index in [1.807, 2.05) is 30.5 Å². The van der Waals surface area contributed by atoms with Crippen molar-refractivity contribution in [1.29, 1.82) is 0 Å². The minimum atomic E-state index is -2.29. The molecule has 0 spiro atoms. The number of benzene rings is 6. The van der Waals surface area contributed by atoms with Crippen molar-refractivity contribution < 1.29 is 29.9 Å². The molecule has 8 aromatic rings. The molecule has 0 saturated carbocycles. The van der Waals surface area contributed by atoms with E-state index < -0.39 is 6.85 Å². The van der Waals surface area contributed by atoms with Gasteiger partial charge in [-0.2, -0.15) is 37.0 Å². The van der Waals surface area contributed by atoms with Gasteiger partial charge in [-0.3, -0.25) is 0 Å². The fourth-order valence-corrected chi connectivity index (χ4v) is 8.65. The quantitative estimate of drug-likeness (QED) is 0.135. The zero-order valence-corrected chi connectivity index (χ0v) is 40.7. The van der Waals surface area contributed by atoms with Crippen molar-refractivity contribution in [2.75, 3.05) is 16.3 Å². The first-order valence-electron chi connectivity index (χ1n) is 23.6. The van der Waals surface area contributed by atoms with E-state index in [0.717, 1.165) is 72.5 Å². The minimum Gasteiger partial charge on any atom is -0.517 e. The average Bonchev–Trinajstić information content (AvgIpc) is 3.82. The predicted molar refractivity (Wildman–Crippen MR) is 264 cm³/mol. The first kappa shape index (κ1) is 41.1. The van der Waals surface area contributed by atoms with Crippen LogP contribution in [-0.4, -0.2) is 16.1 Å². The van der Waals surface area contributed by atoms with E-state index in [1.165, 1.54) is 11.1 Å². The molecular formula is C58H59N4OPt-3. The molecule has 3 heterocycles. The first-order valence-corrected chi connectivity index (χ1v) is 22.1. The fraction of sp³-hybridized carbons (Fsp3) is 0.276. The summed E-state index contributed by atoms with van der Waals surface area (Å²) in [5.41, 5.74) is 12.2. The molecule has 64 heavy (non-hydrogen) atoms. The van der Waals surface area contributed by atoms with Gasteiger partial charge in [0.25, 0.3) is 0 Å². The maximum absolute atomic E-state index is 8.79. The van der Waals surface area contributed by atoms with Crippen molar-refractivity contribution >= 4 is 38.9 Å². The van der Waals surface area contributed by atoms with Crippen LogP contribution in [0.4, 0.5) is 17.1 Å². The van der Waals surface area contributed by atoms with E-state index in [1.54, 1.807) is 0 Å². The number of anilines is 3. The fourth-order valence-electron chi connectivity index (χ4n) is 8.65. The van der Waals surface area contributed by atoms with Crippen molar-refractivity contribution in [1.82, 2.24) is 9.55 Å². The van der Waals surface area contributed by atoms with E-state index in [4.69, 9.17) is 13.8 Å². The van der Waals surface area contributed by atoms with Crippen LogP contribution >= 0.6 is 0 Å². The van der Waals surface area contributed by atoms with Crippen LogP contribution in [0.25, 0.3) is 38.8 Å². The zero-order valence-electron chi connectivity index (χ0n) is 41.4. The third-order valence-corrected chi connectivity index (χ3v) is 12.3. The number of aryl methyl sites for hydroxylation is 1. The molecule has 1 aliphatic rings. The van der Waals surface area contributed by atoms with E-state index in [2.05, 4.69) is 199 Å². The Balaban J connectivity index is 0.00000608. The SMILES string of the molecule is [2H]C([2H])([2H])c1cc(C(C)(C)C)cc(-c2cccc(C(C)(C)C)c2)c1CCN1[CH-]N(c2[c-]c(COc3[c-]c4c(cc3)c3ccccc3n4-c3cc(C(C)(C)C)ccn3)ccc2)c2ccccc21.[Pt]. The van der Waals surface area contributed by atoms with Gasteiger partial charge in [0.15, 0.2) is 0 Å². The van der Waals surface area contributed by atoms with Crippen LogP contribution in [0.5, 0.6) is 5.75 Å². The largest absolute Gasteiger partial charge is 0.517 e. The minimum absolute atomic E-state index is 0. The number of aromatic nitrogens is 2. The van der Waals surface area contributed by atoms with Crippen molar-refractivity contribution in [2.45, 2.75) is 98.4 Å². The normalized spacial score (nSPS) is 14.0. The maximum Gasteiger partial charge on any atom is 0.135 e. The molecule has 6 heteroatoms. The summed E-state index contributed by atoms with van der Waals surface area (Å²) in [4.78, 5) is 9.22. The molecule has 0 unspecified atom stereocenters. The molecule has 0 fully saturated rings. The summed E-state index contributed by atoms with van der Waals surface area (Å²) < 4.78 is 35.0. The van der Waals surface area contributed by atoms with E-state index >= 15 is 0 Å². The number of rotatable bonds is 9. The standard InChI is InChI=1S/C58H59N4O.Pt/c1-39-31-44(58(8,9)10)34-50(41-18-16-19-42(33-41)56(2,3)4)47(39)28-30-60-38-61(53-24-14-13-23-52(53)60)45-20-15-17-40(32-45)37-63-46-25-26-49-48-21-11-12-22-51(48)62(54(49)36-46)55-35-43(27-29-59-55)57(5,6)7;/h11-27,29,31,33-35,38H,28,30,37H2,1-10H3;/q-3;/i1D3;. The van der Waals surface area contributed by atoms with Crippen LogP contribution in [0.15, 0.2) is 134 Å². The maximum atomic E-state index is 8.79. The topological polar surface area (TPSA) is 33.5 Å². The van der Waals surface area contributed by atoms with Gasteiger partial charge < -0.3 is 19.1 Å². The second kappa shape index (κ2) is 17.4. The Hall–Kier alpha value is -5.64. The second-order valence-electron chi connectivity index (χ2n) is 20.0. The first-order chi connectivity index (χ1) is 31.2. The van der Waals surface area contributed by atoms with Crippen molar-refractivity contribution in [3.63, 3.8) is 0 Å². The summed E-state index contributed by atoms with van der Waals surface area (Å²) in [7, 11) is 0. The third kappa shape index (κ3) is 8.89. The predicted octanol–water partition coefficient (Wildman–Crippen LogP) is 14.5. The molecule has 0 saturated heterocycles. The molecule has 6 aromatic carbocycles. The Morgan fingerprint density at radius 1 is 0.672 bits per heavy atom. The zero-order chi connectivity index (χ0) is 46.8. The van der Waals surface area contributed by atoms with Crippen molar-refractivity contribution in [3.05, 3.63) is 186 Å². The van der Waals surface area contributed by atoms with E-state index in [9.17, 15) is 0 Å². The molecule has 0 amide bonds. The number of ether oxygens (including phenoxy) is 1. The number of hydrogen-bond donors (Lipinski definition) is 0. The Bertz CT molecular complexity index is 3100. The van der Waals surface area contributed by atoms with Crippen LogP contribution in [-0.2, 0) is 50.3 Å². The average molecular weight is 1030 g/mol. The van der Waals surface area contributed by atoms with Gasteiger partial charge in [0, 0.05) is 54.0 Å². The van der Waals surface area contributed by atoms with Crippen LogP contribution in [0.2, 0.25) is 0 Å². The van der Waals surface area contributed by atoms with Gasteiger partial charge in [-0.05, 0) is 111 Å². The third-order valence-electron chi connectivity index (χ3n) is 12.3. The summed E-state index contributed by atoms with van der Waals surface area (Å²) in [6.07, 6.45) is 2.42. The molecule has 2 aromatic heterocycles. The summed E-state index contributed by atoms with van der Waals surface area (Å²) in [5, 5.41) is 2.22. The number of nitrogens with zero attached hydrogens (tertiary/aromatic N) is 4. The molecule has 9 rings (SSSR count). The van der Waals surface area contributed by atoms with Gasteiger partial charge in [0.2, 0.25) is 0 Å². The Morgan fingerprint density at radius 2 is 1.39 bits per heavy atom. The number of para-hydroxylation sites is 3. The Morgan fingerprint density at radius 3 is 2.16 bits per heavy atom. The Kier molecular flexibility index (Phi) is 11.2. The van der Waals surface area contributed by atoms with E-state index in [0.29, 0.717) is 30.9 Å². The van der Waals surface area contributed by atoms with Crippen LogP contribution in [0.1, 0.15) is 99.8 Å². The van der Waals surface area contributed by atoms with Gasteiger partial charge in [-0.25, -0.2) is 4.98 Å². The number of pyridine rings is 1. The van der Waals surface area contributed by atoms with Gasteiger partial charge in [-0.15, -0.1) is 28.8 Å². The van der Waals surface area contributed by atoms with E-state index in [-0.39, 0.29) is 37.3 Å². The molecule has 0 atom stereocenters. The molecule has 0 aliphatic carbocycles. The molecular weight excluding hydrogens is 964 g/mol. The second-order valence-corrected chi connectivity index (χ2v) is 20.0. The summed E-state index contributed by atoms with van der Waals surface area (Å²) in [5.74, 6) is 1.49. The van der Waals surface area contributed by atoms with Gasteiger partial charge >= 0.3 is 0 Å². The number of hydrogen-bond acceptors (Lipinski definition) is 4. The monoisotopic (exact) mass is 1030 g/mol. The van der Waals surface area contributed by atoms with Gasteiger partial charge in [-0.1, -0.05) is 135 Å². The number of fused-ring (bicyclic) bond motifs is 4. The molecule has 0 radical (unpaired) electrons. The molecule has 0 N–H and O–H groups in total. The molecule has 330 valence electrons. The molecule has 1 aliphatic heterocycles.